The van der Waals surface area contributed by atoms with Crippen molar-refractivity contribution in [2.45, 2.75) is 5.92 Å². The number of halogens is 1. The van der Waals surface area contributed by atoms with Gasteiger partial charge in [-0.1, -0.05) is 23.7 Å². The molecule has 2 rings (SSSR count). The van der Waals surface area contributed by atoms with Crippen LogP contribution in [-0.4, -0.2) is 61.3 Å². The van der Waals surface area contributed by atoms with Gasteiger partial charge in [-0.25, -0.2) is 0 Å². The third-order valence-corrected chi connectivity index (χ3v) is 3.89. The second kappa shape index (κ2) is 6.53. The van der Waals surface area contributed by atoms with Crippen LogP contribution in [-0.2, 0) is 0 Å². The molecule has 0 radical (unpaired) electrons. The van der Waals surface area contributed by atoms with Crippen LogP contribution >= 0.6 is 11.6 Å². The molecule has 4 heteroatoms. The van der Waals surface area contributed by atoms with Crippen LogP contribution in [0.25, 0.3) is 0 Å². The van der Waals surface area contributed by atoms with Crippen molar-refractivity contribution in [3.8, 4) is 0 Å². The van der Waals surface area contributed by atoms with E-state index in [-0.39, 0.29) is 12.5 Å². The SMILES string of the molecule is CN1CCN(CC(CO)c2ccc(Cl)cc2)CC1. The van der Waals surface area contributed by atoms with Gasteiger partial charge in [0.15, 0.2) is 0 Å². The first-order chi connectivity index (χ1) is 8.69. The van der Waals surface area contributed by atoms with Gasteiger partial charge in [0.05, 0.1) is 6.61 Å². The molecule has 1 fully saturated rings. The molecule has 0 amide bonds. The third kappa shape index (κ3) is 3.69. The van der Waals surface area contributed by atoms with Crippen molar-refractivity contribution in [3.05, 3.63) is 34.9 Å². The molecule has 1 atom stereocenters. The van der Waals surface area contributed by atoms with Crippen molar-refractivity contribution < 1.29 is 5.11 Å². The van der Waals surface area contributed by atoms with Crippen molar-refractivity contribution in [1.82, 2.24) is 9.80 Å². The first-order valence-corrected chi connectivity index (χ1v) is 6.84. The summed E-state index contributed by atoms with van der Waals surface area (Å²) in [5, 5.41) is 10.3. The van der Waals surface area contributed by atoms with Crippen LogP contribution in [0.4, 0.5) is 0 Å². The smallest absolute Gasteiger partial charge is 0.0512 e. The molecule has 3 nitrogen and oxygen atoms in total. The van der Waals surface area contributed by atoms with E-state index in [9.17, 15) is 5.11 Å². The standard InChI is InChI=1S/C14H21ClN2O/c1-16-6-8-17(9-7-16)10-13(11-18)12-2-4-14(15)5-3-12/h2-5,13,18H,6-11H2,1H3. The maximum absolute atomic E-state index is 9.56. The molecular formula is C14H21ClN2O. The first-order valence-electron chi connectivity index (χ1n) is 6.46. The average Bonchev–Trinajstić information content (AvgIpc) is 2.39. The highest BCUT2D eigenvalue weighted by atomic mass is 35.5. The second-order valence-electron chi connectivity index (χ2n) is 5.03. The van der Waals surface area contributed by atoms with Crippen molar-refractivity contribution in [2.75, 3.05) is 46.4 Å². The largest absolute Gasteiger partial charge is 0.396 e. The number of aliphatic hydroxyl groups is 1. The Hall–Kier alpha value is -0.610. The van der Waals surface area contributed by atoms with E-state index in [2.05, 4.69) is 16.8 Å². The summed E-state index contributed by atoms with van der Waals surface area (Å²) in [6.07, 6.45) is 0. The molecule has 1 aromatic rings. The Morgan fingerprint density at radius 2 is 1.78 bits per heavy atom. The Morgan fingerprint density at radius 1 is 1.17 bits per heavy atom. The number of benzene rings is 1. The van der Waals surface area contributed by atoms with Gasteiger partial charge in [-0.05, 0) is 24.7 Å². The summed E-state index contributed by atoms with van der Waals surface area (Å²) in [6, 6.07) is 7.81. The quantitative estimate of drug-likeness (QED) is 0.900. The third-order valence-electron chi connectivity index (χ3n) is 3.64. The number of likely N-dealkylation sites (N-methyl/N-ethyl adjacent to an activating group) is 1. The number of aliphatic hydroxyl groups excluding tert-OH is 1. The van der Waals surface area contributed by atoms with Gasteiger partial charge in [-0.3, -0.25) is 0 Å². The van der Waals surface area contributed by atoms with E-state index in [1.165, 1.54) is 5.56 Å². The normalized spacial score (nSPS) is 19.9. The molecule has 100 valence electrons. The number of hydrogen-bond acceptors (Lipinski definition) is 3. The number of hydrogen-bond donors (Lipinski definition) is 1. The molecule has 0 aromatic heterocycles. The van der Waals surface area contributed by atoms with Crippen LogP contribution in [0.1, 0.15) is 11.5 Å². The van der Waals surface area contributed by atoms with E-state index in [4.69, 9.17) is 11.6 Å². The van der Waals surface area contributed by atoms with Gasteiger partial charge in [0, 0.05) is 43.7 Å². The lowest BCUT2D eigenvalue weighted by Gasteiger charge is -2.34. The predicted molar refractivity (Wildman–Crippen MR) is 75.2 cm³/mol. The lowest BCUT2D eigenvalue weighted by Crippen LogP contribution is -2.46. The Bertz CT molecular complexity index is 361. The van der Waals surface area contributed by atoms with E-state index >= 15 is 0 Å². The molecule has 1 aliphatic heterocycles. The summed E-state index contributed by atoms with van der Waals surface area (Å²) in [5.74, 6) is 0.186. The van der Waals surface area contributed by atoms with E-state index in [0.717, 1.165) is 37.7 Å². The Kier molecular flexibility index (Phi) is 5.01. The maximum atomic E-state index is 9.56. The van der Waals surface area contributed by atoms with Crippen molar-refractivity contribution in [3.63, 3.8) is 0 Å². The molecule has 0 saturated carbocycles. The van der Waals surface area contributed by atoms with Gasteiger partial charge in [0.25, 0.3) is 0 Å². The lowest BCUT2D eigenvalue weighted by atomic mass is 9.99. The fourth-order valence-electron chi connectivity index (χ4n) is 2.35. The summed E-state index contributed by atoms with van der Waals surface area (Å²) in [7, 11) is 2.15. The van der Waals surface area contributed by atoms with Crippen LogP contribution in [0.5, 0.6) is 0 Å². The van der Waals surface area contributed by atoms with Gasteiger partial charge < -0.3 is 14.9 Å². The van der Waals surface area contributed by atoms with Gasteiger partial charge in [-0.2, -0.15) is 0 Å². The highest BCUT2D eigenvalue weighted by Crippen LogP contribution is 2.19. The average molecular weight is 269 g/mol. The summed E-state index contributed by atoms with van der Waals surface area (Å²) < 4.78 is 0. The Morgan fingerprint density at radius 3 is 2.33 bits per heavy atom. The molecule has 0 bridgehead atoms. The van der Waals surface area contributed by atoms with Gasteiger partial charge in [-0.15, -0.1) is 0 Å². The zero-order valence-electron chi connectivity index (χ0n) is 10.8. The summed E-state index contributed by atoms with van der Waals surface area (Å²) in [6.45, 7) is 5.50. The van der Waals surface area contributed by atoms with Gasteiger partial charge in [0.1, 0.15) is 0 Å². The monoisotopic (exact) mass is 268 g/mol. The molecular weight excluding hydrogens is 248 g/mol. The number of piperazine rings is 1. The van der Waals surface area contributed by atoms with Crippen LogP contribution < -0.4 is 0 Å². The Labute approximate surface area is 114 Å². The van der Waals surface area contributed by atoms with Crippen LogP contribution in [0.3, 0.4) is 0 Å². The fraction of sp³-hybridized carbons (Fsp3) is 0.571. The van der Waals surface area contributed by atoms with Crippen molar-refractivity contribution in [2.24, 2.45) is 0 Å². The van der Waals surface area contributed by atoms with Crippen LogP contribution in [0.15, 0.2) is 24.3 Å². The minimum absolute atomic E-state index is 0.186. The second-order valence-corrected chi connectivity index (χ2v) is 5.47. The highest BCUT2D eigenvalue weighted by Gasteiger charge is 2.19. The number of nitrogens with zero attached hydrogens (tertiary/aromatic N) is 2. The molecule has 1 aliphatic rings. The minimum atomic E-state index is 0.186. The highest BCUT2D eigenvalue weighted by molar-refractivity contribution is 6.30. The van der Waals surface area contributed by atoms with Crippen LogP contribution in [0.2, 0.25) is 5.02 Å². The Balaban J connectivity index is 1.94. The van der Waals surface area contributed by atoms with Crippen molar-refractivity contribution >= 4 is 11.6 Å². The molecule has 0 spiro atoms. The summed E-state index contributed by atoms with van der Waals surface area (Å²) >= 11 is 5.89. The van der Waals surface area contributed by atoms with Crippen LogP contribution in [0, 0.1) is 0 Å². The molecule has 18 heavy (non-hydrogen) atoms. The van der Waals surface area contributed by atoms with E-state index in [0.29, 0.717) is 0 Å². The zero-order chi connectivity index (χ0) is 13.0. The maximum Gasteiger partial charge on any atom is 0.0512 e. The molecule has 1 unspecified atom stereocenters. The molecule has 1 N–H and O–H groups in total. The predicted octanol–water partition coefficient (Wildman–Crippen LogP) is 1.66. The number of rotatable bonds is 4. The molecule has 0 aliphatic carbocycles. The molecule has 1 aromatic carbocycles. The molecule has 1 saturated heterocycles. The minimum Gasteiger partial charge on any atom is -0.396 e. The summed E-state index contributed by atoms with van der Waals surface area (Å²) in [4.78, 5) is 4.77. The fourth-order valence-corrected chi connectivity index (χ4v) is 2.47. The van der Waals surface area contributed by atoms with Gasteiger partial charge in [0.2, 0.25) is 0 Å². The van der Waals surface area contributed by atoms with E-state index in [1.807, 2.05) is 24.3 Å². The zero-order valence-corrected chi connectivity index (χ0v) is 11.6. The van der Waals surface area contributed by atoms with Gasteiger partial charge >= 0.3 is 0 Å². The van der Waals surface area contributed by atoms with E-state index in [1.54, 1.807) is 0 Å². The van der Waals surface area contributed by atoms with E-state index < -0.39 is 0 Å². The topological polar surface area (TPSA) is 26.7 Å². The van der Waals surface area contributed by atoms with Crippen molar-refractivity contribution in [1.29, 1.82) is 0 Å². The summed E-state index contributed by atoms with van der Waals surface area (Å²) in [5.41, 5.74) is 1.17. The lowest BCUT2D eigenvalue weighted by molar-refractivity contribution is 0.133. The first kappa shape index (κ1) is 13.8. The molecule has 1 heterocycles.